The Bertz CT molecular complexity index is 869. The molecule has 3 amide bonds. The van der Waals surface area contributed by atoms with Crippen LogP contribution in [0.4, 0.5) is 5.69 Å². The van der Waals surface area contributed by atoms with Crippen molar-refractivity contribution in [3.05, 3.63) is 59.7 Å². The number of anilines is 1. The van der Waals surface area contributed by atoms with Crippen LogP contribution in [0.3, 0.4) is 0 Å². The van der Waals surface area contributed by atoms with E-state index in [2.05, 4.69) is 0 Å². The minimum Gasteiger partial charge on any atom is -0.366 e. The summed E-state index contributed by atoms with van der Waals surface area (Å²) >= 11 is 1.48. The fraction of sp³-hybridized carbons (Fsp3) is 0.211. The smallest absolute Gasteiger partial charge is 0.248 e. The molecule has 0 radical (unpaired) electrons. The molecule has 0 unspecified atom stereocenters. The Labute approximate surface area is 156 Å². The standard InChI is InChI=1S/C19H19N3O3S/c1-21(10-13-5-4-6-14(9-13)19(20)25)17(23)11-22-15-7-2-3-8-16(15)26-12-18(22)24/h2-9H,10-12H2,1H3,(H2,20,25). The highest BCUT2D eigenvalue weighted by atomic mass is 32.2. The Morgan fingerprint density at radius 3 is 2.73 bits per heavy atom. The van der Waals surface area contributed by atoms with Gasteiger partial charge in [-0.2, -0.15) is 0 Å². The van der Waals surface area contributed by atoms with Gasteiger partial charge >= 0.3 is 0 Å². The van der Waals surface area contributed by atoms with Crippen LogP contribution in [0.1, 0.15) is 15.9 Å². The number of nitrogens with zero attached hydrogens (tertiary/aromatic N) is 2. The van der Waals surface area contributed by atoms with E-state index in [-0.39, 0.29) is 18.4 Å². The molecule has 134 valence electrons. The summed E-state index contributed by atoms with van der Waals surface area (Å²) in [7, 11) is 1.67. The van der Waals surface area contributed by atoms with E-state index in [1.54, 1.807) is 25.2 Å². The summed E-state index contributed by atoms with van der Waals surface area (Å²) in [6, 6.07) is 14.4. The predicted octanol–water partition coefficient (Wildman–Crippen LogP) is 1.88. The summed E-state index contributed by atoms with van der Waals surface area (Å²) in [5.74, 6) is -0.432. The monoisotopic (exact) mass is 369 g/mol. The first-order valence-electron chi connectivity index (χ1n) is 8.10. The fourth-order valence-corrected chi connectivity index (χ4v) is 3.70. The molecule has 0 aromatic heterocycles. The normalized spacial score (nSPS) is 13.3. The Morgan fingerprint density at radius 1 is 1.19 bits per heavy atom. The number of hydrogen-bond acceptors (Lipinski definition) is 4. The SMILES string of the molecule is CN(Cc1cccc(C(N)=O)c1)C(=O)CN1C(=O)CSc2ccccc21. The molecule has 0 saturated heterocycles. The lowest BCUT2D eigenvalue weighted by molar-refractivity contribution is -0.130. The first-order chi connectivity index (χ1) is 12.5. The first-order valence-corrected chi connectivity index (χ1v) is 9.09. The molecule has 0 atom stereocenters. The molecule has 0 bridgehead atoms. The van der Waals surface area contributed by atoms with Crippen LogP contribution in [0.5, 0.6) is 0 Å². The van der Waals surface area contributed by atoms with Crippen LogP contribution in [0, 0.1) is 0 Å². The zero-order valence-corrected chi connectivity index (χ0v) is 15.2. The molecule has 0 aliphatic carbocycles. The first kappa shape index (κ1) is 18.0. The lowest BCUT2D eigenvalue weighted by atomic mass is 10.1. The molecular formula is C19H19N3O3S. The van der Waals surface area contributed by atoms with Gasteiger partial charge in [0.15, 0.2) is 0 Å². The van der Waals surface area contributed by atoms with Crippen molar-refractivity contribution < 1.29 is 14.4 Å². The summed E-state index contributed by atoms with van der Waals surface area (Å²) in [5, 5.41) is 0. The minimum atomic E-state index is -0.506. The van der Waals surface area contributed by atoms with Crippen molar-refractivity contribution in [3.63, 3.8) is 0 Å². The number of carbonyl (C=O) groups is 3. The number of thioether (sulfide) groups is 1. The Hall–Kier alpha value is -2.80. The Balaban J connectivity index is 1.71. The lowest BCUT2D eigenvalue weighted by Crippen LogP contribution is -2.43. The van der Waals surface area contributed by atoms with E-state index in [1.165, 1.54) is 21.6 Å². The summed E-state index contributed by atoms with van der Waals surface area (Å²) in [6.45, 7) is 0.320. The third kappa shape index (κ3) is 3.88. The highest BCUT2D eigenvalue weighted by Crippen LogP contribution is 2.34. The maximum atomic E-state index is 12.6. The number of likely N-dealkylation sites (N-methyl/N-ethyl adjacent to an activating group) is 1. The average molecular weight is 369 g/mol. The zero-order chi connectivity index (χ0) is 18.7. The Kier molecular flexibility index (Phi) is 5.27. The van der Waals surface area contributed by atoms with E-state index in [9.17, 15) is 14.4 Å². The average Bonchev–Trinajstić information content (AvgIpc) is 2.64. The molecule has 2 aromatic carbocycles. The second kappa shape index (κ2) is 7.61. The third-order valence-electron chi connectivity index (χ3n) is 4.16. The van der Waals surface area contributed by atoms with Crippen LogP contribution in [0.2, 0.25) is 0 Å². The van der Waals surface area contributed by atoms with Gasteiger partial charge in [-0.25, -0.2) is 0 Å². The number of nitrogens with two attached hydrogens (primary N) is 1. The largest absolute Gasteiger partial charge is 0.366 e. The summed E-state index contributed by atoms with van der Waals surface area (Å²) in [5.41, 5.74) is 7.27. The van der Waals surface area contributed by atoms with Crippen LogP contribution < -0.4 is 10.6 Å². The molecule has 2 aromatic rings. The summed E-state index contributed by atoms with van der Waals surface area (Å²) in [6.07, 6.45) is 0. The van der Waals surface area contributed by atoms with Crippen LogP contribution >= 0.6 is 11.8 Å². The molecule has 26 heavy (non-hydrogen) atoms. The van der Waals surface area contributed by atoms with Gasteiger partial charge in [-0.15, -0.1) is 11.8 Å². The van der Waals surface area contributed by atoms with Crippen molar-refractivity contribution in [1.29, 1.82) is 0 Å². The van der Waals surface area contributed by atoms with Crippen LogP contribution in [-0.2, 0) is 16.1 Å². The van der Waals surface area contributed by atoms with Gasteiger partial charge < -0.3 is 15.5 Å². The molecule has 1 aliphatic rings. The van der Waals surface area contributed by atoms with Gasteiger partial charge in [0.2, 0.25) is 17.7 Å². The van der Waals surface area contributed by atoms with Crippen LogP contribution in [0.15, 0.2) is 53.4 Å². The van der Waals surface area contributed by atoms with Crippen molar-refractivity contribution in [2.24, 2.45) is 5.73 Å². The molecule has 0 spiro atoms. The fourth-order valence-electron chi connectivity index (χ4n) is 2.77. The van der Waals surface area contributed by atoms with E-state index in [0.29, 0.717) is 17.9 Å². The second-order valence-corrected chi connectivity index (χ2v) is 7.07. The van der Waals surface area contributed by atoms with Crippen molar-refractivity contribution >= 4 is 35.2 Å². The predicted molar refractivity (Wildman–Crippen MR) is 101 cm³/mol. The van der Waals surface area contributed by atoms with E-state index < -0.39 is 5.91 Å². The Morgan fingerprint density at radius 2 is 1.96 bits per heavy atom. The number of hydrogen-bond donors (Lipinski definition) is 1. The van der Waals surface area contributed by atoms with Crippen molar-refractivity contribution in [2.75, 3.05) is 24.2 Å². The van der Waals surface area contributed by atoms with Gasteiger partial charge in [-0.05, 0) is 29.8 Å². The van der Waals surface area contributed by atoms with Gasteiger partial charge in [-0.1, -0.05) is 24.3 Å². The molecule has 0 fully saturated rings. The molecule has 6 nitrogen and oxygen atoms in total. The van der Waals surface area contributed by atoms with Crippen LogP contribution in [-0.4, -0.2) is 42.0 Å². The lowest BCUT2D eigenvalue weighted by Gasteiger charge is -2.30. The van der Waals surface area contributed by atoms with Crippen LogP contribution in [0.25, 0.3) is 0 Å². The molecule has 3 rings (SSSR count). The summed E-state index contributed by atoms with van der Waals surface area (Å²) in [4.78, 5) is 40.3. The van der Waals surface area contributed by atoms with E-state index in [4.69, 9.17) is 5.73 Å². The minimum absolute atomic E-state index is 0.0115. The third-order valence-corrected chi connectivity index (χ3v) is 5.21. The van der Waals surface area contributed by atoms with E-state index in [1.807, 2.05) is 30.3 Å². The van der Waals surface area contributed by atoms with E-state index in [0.717, 1.165) is 16.1 Å². The number of carbonyl (C=O) groups excluding carboxylic acids is 3. The number of primary amides is 1. The maximum Gasteiger partial charge on any atom is 0.248 e. The second-order valence-electron chi connectivity index (χ2n) is 6.05. The van der Waals surface area contributed by atoms with Crippen molar-refractivity contribution in [3.8, 4) is 0 Å². The highest BCUT2D eigenvalue weighted by Gasteiger charge is 2.27. The van der Waals surface area contributed by atoms with E-state index >= 15 is 0 Å². The zero-order valence-electron chi connectivity index (χ0n) is 14.3. The van der Waals surface area contributed by atoms with Gasteiger partial charge in [-0.3, -0.25) is 14.4 Å². The van der Waals surface area contributed by atoms with Gasteiger partial charge in [0.1, 0.15) is 6.54 Å². The van der Waals surface area contributed by atoms with Gasteiger partial charge in [0, 0.05) is 24.1 Å². The summed E-state index contributed by atoms with van der Waals surface area (Å²) < 4.78 is 0. The molecular weight excluding hydrogens is 350 g/mol. The van der Waals surface area contributed by atoms with Gasteiger partial charge in [0.25, 0.3) is 0 Å². The molecule has 1 heterocycles. The van der Waals surface area contributed by atoms with Crippen molar-refractivity contribution in [2.45, 2.75) is 11.4 Å². The topological polar surface area (TPSA) is 83.7 Å². The molecule has 7 heteroatoms. The number of benzene rings is 2. The highest BCUT2D eigenvalue weighted by molar-refractivity contribution is 8.00. The number of amides is 3. The molecule has 1 aliphatic heterocycles. The molecule has 0 saturated carbocycles. The quantitative estimate of drug-likeness (QED) is 0.872. The number of rotatable bonds is 5. The van der Waals surface area contributed by atoms with Crippen molar-refractivity contribution in [1.82, 2.24) is 4.90 Å². The van der Waals surface area contributed by atoms with Gasteiger partial charge in [0.05, 0.1) is 11.4 Å². The molecule has 2 N–H and O–H groups in total. The number of fused-ring (bicyclic) bond motifs is 1. The number of para-hydroxylation sites is 1. The maximum absolute atomic E-state index is 12.6.